The van der Waals surface area contributed by atoms with Crippen molar-refractivity contribution in [2.75, 3.05) is 6.61 Å². The Morgan fingerprint density at radius 2 is 1.87 bits per heavy atom. The summed E-state index contributed by atoms with van der Waals surface area (Å²) >= 11 is 9.38. The van der Waals surface area contributed by atoms with Crippen molar-refractivity contribution in [3.8, 4) is 5.75 Å². The molecule has 0 fully saturated rings. The quantitative estimate of drug-likeness (QED) is 0.459. The highest BCUT2D eigenvalue weighted by Gasteiger charge is 2.29. The largest absolute Gasteiger partial charge is 0.483 e. The van der Waals surface area contributed by atoms with E-state index in [-0.39, 0.29) is 24.5 Å². The number of amides is 2. The summed E-state index contributed by atoms with van der Waals surface area (Å²) < 4.78 is 6.42. The molecule has 2 atom stereocenters. The van der Waals surface area contributed by atoms with E-state index in [1.807, 2.05) is 52.0 Å². The molecule has 0 heterocycles. The molecule has 0 spiro atoms. The predicted octanol–water partition coefficient (Wildman–Crippen LogP) is 5.51. The minimum absolute atomic E-state index is 0.0400. The summed E-state index contributed by atoms with van der Waals surface area (Å²) in [4.78, 5) is 27.8. The predicted molar refractivity (Wildman–Crippen MR) is 128 cm³/mol. The first-order chi connectivity index (χ1) is 14.8. The fourth-order valence-corrected chi connectivity index (χ4v) is 3.94. The normalized spacial score (nSPS) is 12.7. The van der Waals surface area contributed by atoms with E-state index in [0.29, 0.717) is 28.2 Å². The Kier molecular flexibility index (Phi) is 9.85. The molecule has 5 nitrogen and oxygen atoms in total. The third-order valence-electron chi connectivity index (χ3n) is 5.23. The molecule has 0 saturated carbocycles. The van der Waals surface area contributed by atoms with Crippen LogP contribution in [0.15, 0.2) is 46.9 Å². The Labute approximate surface area is 198 Å². The van der Waals surface area contributed by atoms with Crippen LogP contribution in [-0.4, -0.2) is 35.4 Å². The van der Waals surface area contributed by atoms with Gasteiger partial charge in [-0.1, -0.05) is 49.7 Å². The molecule has 1 N–H and O–H groups in total. The number of nitrogens with one attached hydrogen (secondary N) is 1. The molecule has 0 unspecified atom stereocenters. The van der Waals surface area contributed by atoms with Crippen molar-refractivity contribution in [1.29, 1.82) is 0 Å². The second-order valence-electron chi connectivity index (χ2n) is 7.55. The SMILES string of the molecule is CC[C@H](C)NC(=O)[C@H](CC)N(Cc1ccccc1C)C(=O)COc1ccc(Cl)cc1Br. The van der Waals surface area contributed by atoms with Gasteiger partial charge < -0.3 is 15.0 Å². The topological polar surface area (TPSA) is 58.6 Å². The molecular formula is C24H30BrClN2O3. The first kappa shape index (κ1) is 25.2. The summed E-state index contributed by atoms with van der Waals surface area (Å²) in [6.07, 6.45) is 1.33. The molecule has 0 aliphatic rings. The molecule has 2 amide bonds. The highest BCUT2D eigenvalue weighted by atomic mass is 79.9. The van der Waals surface area contributed by atoms with Crippen LogP contribution in [0.25, 0.3) is 0 Å². The van der Waals surface area contributed by atoms with E-state index in [1.165, 1.54) is 0 Å². The van der Waals surface area contributed by atoms with Crippen molar-refractivity contribution < 1.29 is 14.3 Å². The molecule has 2 aromatic carbocycles. The van der Waals surface area contributed by atoms with Gasteiger partial charge in [0.15, 0.2) is 6.61 Å². The molecule has 0 bridgehead atoms. The zero-order chi connectivity index (χ0) is 23.0. The van der Waals surface area contributed by atoms with Crippen molar-refractivity contribution in [2.45, 2.75) is 59.2 Å². The average Bonchev–Trinajstić information content (AvgIpc) is 2.74. The molecule has 0 saturated heterocycles. The number of nitrogens with zero attached hydrogens (tertiary/aromatic N) is 1. The zero-order valence-corrected chi connectivity index (χ0v) is 20.8. The first-order valence-electron chi connectivity index (χ1n) is 10.5. The summed E-state index contributed by atoms with van der Waals surface area (Å²) in [7, 11) is 0. The van der Waals surface area contributed by atoms with Gasteiger partial charge in [0, 0.05) is 17.6 Å². The Hall–Kier alpha value is -2.05. The summed E-state index contributed by atoms with van der Waals surface area (Å²) in [5, 5.41) is 3.58. The lowest BCUT2D eigenvalue weighted by molar-refractivity contribution is -0.143. The van der Waals surface area contributed by atoms with Gasteiger partial charge in [-0.15, -0.1) is 0 Å². The Bertz CT molecular complexity index is 906. The summed E-state index contributed by atoms with van der Waals surface area (Å²) in [6.45, 7) is 8.04. The van der Waals surface area contributed by atoms with Gasteiger partial charge in [0.1, 0.15) is 11.8 Å². The van der Waals surface area contributed by atoms with Crippen LogP contribution in [0.3, 0.4) is 0 Å². The zero-order valence-electron chi connectivity index (χ0n) is 18.5. The fraction of sp³-hybridized carbons (Fsp3) is 0.417. The van der Waals surface area contributed by atoms with Crippen LogP contribution in [0.2, 0.25) is 5.02 Å². The maximum atomic E-state index is 13.3. The second-order valence-corrected chi connectivity index (χ2v) is 8.84. The van der Waals surface area contributed by atoms with E-state index < -0.39 is 6.04 Å². The number of carbonyl (C=O) groups excluding carboxylic acids is 2. The van der Waals surface area contributed by atoms with Gasteiger partial charge in [0.2, 0.25) is 5.91 Å². The van der Waals surface area contributed by atoms with Gasteiger partial charge in [-0.05, 0) is 71.9 Å². The lowest BCUT2D eigenvalue weighted by Crippen LogP contribution is -2.51. The Balaban J connectivity index is 2.25. The first-order valence-corrected chi connectivity index (χ1v) is 11.7. The molecule has 0 aromatic heterocycles. The van der Waals surface area contributed by atoms with Gasteiger partial charge in [-0.2, -0.15) is 0 Å². The second kappa shape index (κ2) is 12.1. The lowest BCUT2D eigenvalue weighted by atomic mass is 10.1. The summed E-state index contributed by atoms with van der Waals surface area (Å²) in [5.74, 6) is 0.119. The van der Waals surface area contributed by atoms with Gasteiger partial charge in [0.25, 0.3) is 5.91 Å². The highest BCUT2D eigenvalue weighted by molar-refractivity contribution is 9.10. The minimum Gasteiger partial charge on any atom is -0.483 e. The number of ether oxygens (including phenoxy) is 1. The maximum absolute atomic E-state index is 13.3. The number of benzene rings is 2. The molecule has 31 heavy (non-hydrogen) atoms. The van der Waals surface area contributed by atoms with Crippen LogP contribution in [0.4, 0.5) is 0 Å². The third kappa shape index (κ3) is 7.25. The van der Waals surface area contributed by atoms with E-state index in [2.05, 4.69) is 21.2 Å². The number of hydrogen-bond donors (Lipinski definition) is 1. The molecular weight excluding hydrogens is 480 g/mol. The third-order valence-corrected chi connectivity index (χ3v) is 6.09. The Morgan fingerprint density at radius 3 is 2.48 bits per heavy atom. The van der Waals surface area contributed by atoms with Crippen LogP contribution >= 0.6 is 27.5 Å². The molecule has 168 valence electrons. The van der Waals surface area contributed by atoms with Crippen molar-refractivity contribution in [3.05, 3.63) is 63.1 Å². The standard InChI is InChI=1S/C24H30BrClN2O3/c1-5-17(4)27-24(30)21(6-2)28(14-18-10-8-7-9-16(18)3)23(29)15-31-22-12-11-19(26)13-20(22)25/h7-13,17,21H,5-6,14-15H2,1-4H3,(H,27,30)/t17-,21-/m0/s1. The molecule has 2 rings (SSSR count). The van der Waals surface area contributed by atoms with Crippen LogP contribution in [0.5, 0.6) is 5.75 Å². The number of hydrogen-bond acceptors (Lipinski definition) is 3. The van der Waals surface area contributed by atoms with Crippen LogP contribution in [0.1, 0.15) is 44.7 Å². The maximum Gasteiger partial charge on any atom is 0.261 e. The van der Waals surface area contributed by atoms with Crippen molar-refractivity contribution in [3.63, 3.8) is 0 Å². The number of carbonyl (C=O) groups is 2. The van der Waals surface area contributed by atoms with Crippen LogP contribution in [0, 0.1) is 6.92 Å². The minimum atomic E-state index is -0.585. The molecule has 7 heteroatoms. The number of rotatable bonds is 10. The summed E-state index contributed by atoms with van der Waals surface area (Å²) in [6, 6.07) is 12.4. The highest BCUT2D eigenvalue weighted by Crippen LogP contribution is 2.28. The lowest BCUT2D eigenvalue weighted by Gasteiger charge is -2.31. The molecule has 0 aliphatic carbocycles. The van der Waals surface area contributed by atoms with E-state index in [9.17, 15) is 9.59 Å². The monoisotopic (exact) mass is 508 g/mol. The summed E-state index contributed by atoms with van der Waals surface area (Å²) in [5.41, 5.74) is 2.07. The van der Waals surface area contributed by atoms with E-state index >= 15 is 0 Å². The van der Waals surface area contributed by atoms with Crippen molar-refractivity contribution >= 4 is 39.3 Å². The number of aryl methyl sites for hydroxylation is 1. The Morgan fingerprint density at radius 1 is 1.16 bits per heavy atom. The van der Waals surface area contributed by atoms with E-state index in [1.54, 1.807) is 23.1 Å². The van der Waals surface area contributed by atoms with Crippen LogP contribution in [-0.2, 0) is 16.1 Å². The molecule has 0 aliphatic heterocycles. The van der Waals surface area contributed by atoms with Crippen molar-refractivity contribution in [2.24, 2.45) is 0 Å². The van der Waals surface area contributed by atoms with Gasteiger partial charge >= 0.3 is 0 Å². The van der Waals surface area contributed by atoms with Crippen LogP contribution < -0.4 is 10.1 Å². The number of halogens is 2. The van der Waals surface area contributed by atoms with Gasteiger partial charge in [-0.25, -0.2) is 0 Å². The molecule has 2 aromatic rings. The van der Waals surface area contributed by atoms with Gasteiger partial charge in [0.05, 0.1) is 4.47 Å². The van der Waals surface area contributed by atoms with Gasteiger partial charge in [-0.3, -0.25) is 9.59 Å². The average molecular weight is 510 g/mol. The van der Waals surface area contributed by atoms with E-state index in [4.69, 9.17) is 16.3 Å². The molecule has 0 radical (unpaired) electrons. The van der Waals surface area contributed by atoms with Crippen molar-refractivity contribution in [1.82, 2.24) is 10.2 Å². The fourth-order valence-electron chi connectivity index (χ4n) is 3.15. The smallest absolute Gasteiger partial charge is 0.261 e. The van der Waals surface area contributed by atoms with E-state index in [0.717, 1.165) is 17.5 Å².